The van der Waals surface area contributed by atoms with Crippen molar-refractivity contribution in [1.82, 2.24) is 0 Å². The first-order valence-corrected chi connectivity index (χ1v) is 5.08. The lowest BCUT2D eigenvalue weighted by Gasteiger charge is -2.08. The summed E-state index contributed by atoms with van der Waals surface area (Å²) in [7, 11) is 0. The second-order valence-corrected chi connectivity index (χ2v) is 4.11. The number of aryl methyl sites for hydroxylation is 1. The minimum atomic E-state index is -0.952. The van der Waals surface area contributed by atoms with Crippen molar-refractivity contribution in [2.24, 2.45) is 5.92 Å². The molecular formula is C12H13FO2. The Kier molecular flexibility index (Phi) is 2.57. The summed E-state index contributed by atoms with van der Waals surface area (Å²) in [5.74, 6) is -0.679. The van der Waals surface area contributed by atoms with Crippen LogP contribution >= 0.6 is 0 Å². The lowest BCUT2D eigenvalue weighted by Crippen LogP contribution is -2.22. The molecule has 1 aliphatic carbocycles. The van der Waals surface area contributed by atoms with Crippen molar-refractivity contribution in [2.45, 2.75) is 25.9 Å². The molecule has 1 fully saturated rings. The molecule has 0 aliphatic heterocycles. The molecule has 1 unspecified atom stereocenters. The van der Waals surface area contributed by atoms with Gasteiger partial charge in [-0.1, -0.05) is 12.1 Å². The molecule has 0 radical (unpaired) electrons. The zero-order valence-corrected chi connectivity index (χ0v) is 8.53. The average molecular weight is 208 g/mol. The maximum atomic E-state index is 13.2. The summed E-state index contributed by atoms with van der Waals surface area (Å²) >= 11 is 0. The number of rotatable bonds is 3. The highest BCUT2D eigenvalue weighted by Crippen LogP contribution is 2.34. The van der Waals surface area contributed by atoms with Crippen LogP contribution in [0.2, 0.25) is 0 Å². The standard InChI is InChI=1S/C12H13FO2/c1-7-2-3-9(6-10(7)13)12(15)11(14)8-4-5-8/h2-3,6,8,11,14H,4-5H2,1H3. The fourth-order valence-corrected chi connectivity index (χ4v) is 1.54. The molecule has 0 bridgehead atoms. The number of ketones is 1. The molecular weight excluding hydrogens is 195 g/mol. The molecule has 2 rings (SSSR count). The van der Waals surface area contributed by atoms with Crippen LogP contribution in [0.5, 0.6) is 0 Å². The van der Waals surface area contributed by atoms with Gasteiger partial charge in [-0.2, -0.15) is 0 Å². The van der Waals surface area contributed by atoms with Crippen LogP contribution in [-0.4, -0.2) is 17.0 Å². The van der Waals surface area contributed by atoms with Crippen molar-refractivity contribution in [1.29, 1.82) is 0 Å². The Bertz CT molecular complexity index is 397. The van der Waals surface area contributed by atoms with Gasteiger partial charge in [-0.25, -0.2) is 4.39 Å². The second kappa shape index (κ2) is 3.74. The van der Waals surface area contributed by atoms with E-state index < -0.39 is 11.9 Å². The van der Waals surface area contributed by atoms with Crippen LogP contribution in [0, 0.1) is 18.7 Å². The van der Waals surface area contributed by atoms with Crippen molar-refractivity contribution in [3.63, 3.8) is 0 Å². The molecule has 1 atom stereocenters. The number of hydrogen-bond acceptors (Lipinski definition) is 2. The number of halogens is 1. The highest BCUT2D eigenvalue weighted by molar-refractivity contribution is 5.99. The Labute approximate surface area is 87.7 Å². The number of carbonyl (C=O) groups excluding carboxylic acids is 1. The quantitative estimate of drug-likeness (QED) is 0.772. The van der Waals surface area contributed by atoms with E-state index in [0.717, 1.165) is 12.8 Å². The molecule has 1 aliphatic rings. The van der Waals surface area contributed by atoms with Crippen LogP contribution in [0.3, 0.4) is 0 Å². The minimum Gasteiger partial charge on any atom is -0.385 e. The van der Waals surface area contributed by atoms with Gasteiger partial charge >= 0.3 is 0 Å². The van der Waals surface area contributed by atoms with Gasteiger partial charge in [0.25, 0.3) is 0 Å². The van der Waals surface area contributed by atoms with Gasteiger partial charge in [-0.3, -0.25) is 4.79 Å². The van der Waals surface area contributed by atoms with E-state index in [-0.39, 0.29) is 17.3 Å². The van der Waals surface area contributed by atoms with Crippen LogP contribution in [0.1, 0.15) is 28.8 Å². The Morgan fingerprint density at radius 1 is 1.53 bits per heavy atom. The predicted molar refractivity (Wildman–Crippen MR) is 54.2 cm³/mol. The van der Waals surface area contributed by atoms with E-state index in [1.165, 1.54) is 6.07 Å². The van der Waals surface area contributed by atoms with E-state index in [9.17, 15) is 14.3 Å². The minimum absolute atomic E-state index is 0.0851. The van der Waals surface area contributed by atoms with Gasteiger partial charge < -0.3 is 5.11 Å². The molecule has 1 aromatic carbocycles. The highest BCUT2D eigenvalue weighted by atomic mass is 19.1. The van der Waals surface area contributed by atoms with Crippen molar-refractivity contribution in [2.75, 3.05) is 0 Å². The third-order valence-electron chi connectivity index (χ3n) is 2.79. The zero-order valence-electron chi connectivity index (χ0n) is 8.53. The summed E-state index contributed by atoms with van der Waals surface area (Å²) in [6, 6.07) is 4.32. The van der Waals surface area contributed by atoms with E-state index in [2.05, 4.69) is 0 Å². The van der Waals surface area contributed by atoms with Crippen LogP contribution in [-0.2, 0) is 0 Å². The summed E-state index contributed by atoms with van der Waals surface area (Å²) in [6.45, 7) is 1.64. The van der Waals surface area contributed by atoms with Crippen molar-refractivity contribution in [3.8, 4) is 0 Å². The molecule has 0 spiro atoms. The lowest BCUT2D eigenvalue weighted by atomic mass is 10.0. The lowest BCUT2D eigenvalue weighted by molar-refractivity contribution is 0.0703. The number of carbonyl (C=O) groups is 1. The molecule has 1 aromatic rings. The molecule has 0 amide bonds. The Balaban J connectivity index is 2.21. The SMILES string of the molecule is Cc1ccc(C(=O)C(O)C2CC2)cc1F. The van der Waals surface area contributed by atoms with E-state index >= 15 is 0 Å². The van der Waals surface area contributed by atoms with Gasteiger partial charge in [0.05, 0.1) is 0 Å². The van der Waals surface area contributed by atoms with Crippen LogP contribution in [0.4, 0.5) is 4.39 Å². The highest BCUT2D eigenvalue weighted by Gasteiger charge is 2.35. The molecule has 15 heavy (non-hydrogen) atoms. The number of benzene rings is 1. The maximum absolute atomic E-state index is 13.2. The number of aliphatic hydroxyl groups excluding tert-OH is 1. The van der Waals surface area contributed by atoms with Gasteiger partial charge in [0.1, 0.15) is 11.9 Å². The predicted octanol–water partition coefficient (Wildman–Crippen LogP) is 2.09. The summed E-state index contributed by atoms with van der Waals surface area (Å²) in [4.78, 5) is 11.7. The Hall–Kier alpha value is -1.22. The second-order valence-electron chi connectivity index (χ2n) is 4.11. The first kappa shape index (κ1) is 10.3. The summed E-state index contributed by atoms with van der Waals surface area (Å²) in [5.41, 5.74) is 0.768. The Morgan fingerprint density at radius 3 is 2.73 bits per heavy atom. The van der Waals surface area contributed by atoms with Gasteiger partial charge in [0, 0.05) is 5.56 Å². The Morgan fingerprint density at radius 2 is 2.20 bits per heavy atom. The molecule has 80 valence electrons. The van der Waals surface area contributed by atoms with E-state index in [0.29, 0.717) is 5.56 Å². The zero-order chi connectivity index (χ0) is 11.0. The van der Waals surface area contributed by atoms with E-state index in [1.807, 2.05) is 0 Å². The van der Waals surface area contributed by atoms with Crippen molar-refractivity contribution < 1.29 is 14.3 Å². The van der Waals surface area contributed by atoms with Gasteiger partial charge in [0.2, 0.25) is 0 Å². The van der Waals surface area contributed by atoms with E-state index in [1.54, 1.807) is 19.1 Å². The molecule has 1 N–H and O–H groups in total. The van der Waals surface area contributed by atoms with E-state index in [4.69, 9.17) is 0 Å². The van der Waals surface area contributed by atoms with Crippen LogP contribution in [0.25, 0.3) is 0 Å². The van der Waals surface area contributed by atoms with Crippen molar-refractivity contribution >= 4 is 5.78 Å². The summed E-state index contributed by atoms with van der Waals surface area (Å²) in [6.07, 6.45) is 0.829. The third kappa shape index (κ3) is 2.07. The van der Waals surface area contributed by atoms with Gasteiger partial charge in [-0.15, -0.1) is 0 Å². The molecule has 0 aromatic heterocycles. The molecule has 2 nitrogen and oxygen atoms in total. The molecule has 0 heterocycles. The van der Waals surface area contributed by atoms with Crippen LogP contribution < -0.4 is 0 Å². The van der Waals surface area contributed by atoms with Gasteiger partial charge in [0.15, 0.2) is 5.78 Å². The fraction of sp³-hybridized carbons (Fsp3) is 0.417. The number of Topliss-reactive ketones (excluding diaryl/α,β-unsaturated/α-hetero) is 1. The normalized spacial score (nSPS) is 17.5. The fourth-order valence-electron chi connectivity index (χ4n) is 1.54. The largest absolute Gasteiger partial charge is 0.385 e. The van der Waals surface area contributed by atoms with Gasteiger partial charge in [-0.05, 0) is 37.3 Å². The average Bonchev–Trinajstić information content (AvgIpc) is 3.03. The summed E-state index contributed by atoms with van der Waals surface area (Å²) in [5, 5.41) is 9.60. The molecule has 0 saturated heterocycles. The molecule has 3 heteroatoms. The smallest absolute Gasteiger partial charge is 0.191 e. The van der Waals surface area contributed by atoms with Crippen molar-refractivity contribution in [3.05, 3.63) is 35.1 Å². The maximum Gasteiger partial charge on any atom is 0.191 e. The summed E-state index contributed by atoms with van der Waals surface area (Å²) < 4.78 is 13.2. The first-order chi connectivity index (χ1) is 7.09. The number of aliphatic hydroxyl groups is 1. The monoisotopic (exact) mass is 208 g/mol. The first-order valence-electron chi connectivity index (χ1n) is 5.08. The number of hydrogen-bond donors (Lipinski definition) is 1. The molecule has 1 saturated carbocycles. The van der Waals surface area contributed by atoms with Crippen LogP contribution in [0.15, 0.2) is 18.2 Å². The third-order valence-corrected chi connectivity index (χ3v) is 2.79. The topological polar surface area (TPSA) is 37.3 Å².